The number of nitrogens with one attached hydrogen (secondary N) is 1. The van der Waals surface area contributed by atoms with Crippen LogP contribution in [0.25, 0.3) is 11.1 Å². The number of sulfonamides is 1. The smallest absolute Gasteiger partial charge is 0.255 e. The summed E-state index contributed by atoms with van der Waals surface area (Å²) >= 11 is 0. The zero-order valence-electron chi connectivity index (χ0n) is 17.4. The first-order valence-electron chi connectivity index (χ1n) is 9.27. The predicted molar refractivity (Wildman–Crippen MR) is 113 cm³/mol. The van der Waals surface area contributed by atoms with E-state index in [2.05, 4.69) is 25.8 Å². The van der Waals surface area contributed by atoms with Gasteiger partial charge in [0, 0.05) is 17.3 Å². The number of aromatic nitrogens is 1. The van der Waals surface area contributed by atoms with Crippen LogP contribution in [0.3, 0.4) is 0 Å². The first-order valence-corrected chi connectivity index (χ1v) is 10.9. The maximum atomic E-state index is 12.5. The second-order valence-corrected chi connectivity index (χ2v) is 10.2. The zero-order valence-corrected chi connectivity index (χ0v) is 18.2. The van der Waals surface area contributed by atoms with Crippen LogP contribution in [-0.2, 0) is 21.9 Å². The Bertz CT molecular complexity index is 1000. The van der Waals surface area contributed by atoms with Gasteiger partial charge in [-0.25, -0.2) is 13.6 Å². The summed E-state index contributed by atoms with van der Waals surface area (Å²) in [6.45, 7) is 9.83. The highest BCUT2D eigenvalue weighted by Crippen LogP contribution is 2.37. The predicted octanol–water partition coefficient (Wildman–Crippen LogP) is 3.20. The number of benzene rings is 1. The summed E-state index contributed by atoms with van der Waals surface area (Å²) in [6, 6.07) is 7.25. The maximum Gasteiger partial charge on any atom is 0.255 e. The molecule has 0 aliphatic carbocycles. The average molecular weight is 407 g/mol. The van der Waals surface area contributed by atoms with Gasteiger partial charge in [-0.15, -0.1) is 0 Å². The van der Waals surface area contributed by atoms with E-state index < -0.39 is 15.3 Å². The molecule has 0 saturated carbocycles. The van der Waals surface area contributed by atoms with Gasteiger partial charge >= 0.3 is 0 Å². The summed E-state index contributed by atoms with van der Waals surface area (Å²) < 4.78 is 29.9. The fraction of sp³-hybridized carbons (Fsp3) is 0.476. The van der Waals surface area contributed by atoms with Crippen molar-refractivity contribution in [2.45, 2.75) is 51.7 Å². The molecule has 154 valence electrons. The van der Waals surface area contributed by atoms with E-state index in [4.69, 9.17) is 9.88 Å². The van der Waals surface area contributed by atoms with Gasteiger partial charge in [0.25, 0.3) is 5.56 Å². The van der Waals surface area contributed by atoms with E-state index in [0.29, 0.717) is 22.4 Å². The van der Waals surface area contributed by atoms with Gasteiger partial charge in [0.05, 0.1) is 12.4 Å². The molecule has 1 aromatic carbocycles. The van der Waals surface area contributed by atoms with Crippen molar-refractivity contribution in [1.29, 1.82) is 0 Å². The van der Waals surface area contributed by atoms with Crippen molar-refractivity contribution in [1.82, 2.24) is 4.98 Å². The number of primary sulfonamides is 1. The van der Waals surface area contributed by atoms with E-state index in [9.17, 15) is 13.2 Å². The van der Waals surface area contributed by atoms with Crippen molar-refractivity contribution in [2.24, 2.45) is 11.1 Å². The van der Waals surface area contributed by atoms with Gasteiger partial charge in [-0.1, -0.05) is 34.6 Å². The Morgan fingerprint density at radius 2 is 1.82 bits per heavy atom. The van der Waals surface area contributed by atoms with E-state index in [1.165, 1.54) is 0 Å². The van der Waals surface area contributed by atoms with Crippen molar-refractivity contribution in [2.75, 3.05) is 7.11 Å². The molecule has 0 saturated heterocycles. The molecular formula is C21H30N2O4S. The Morgan fingerprint density at radius 3 is 2.29 bits per heavy atom. The monoisotopic (exact) mass is 406 g/mol. The Kier molecular flexibility index (Phi) is 6.41. The quantitative estimate of drug-likeness (QED) is 0.769. The Balaban J connectivity index is 2.80. The normalized spacial score (nSPS) is 13.6. The van der Waals surface area contributed by atoms with E-state index >= 15 is 0 Å². The highest BCUT2D eigenvalue weighted by molar-refractivity contribution is 7.89. The molecule has 28 heavy (non-hydrogen) atoms. The van der Waals surface area contributed by atoms with Crippen molar-refractivity contribution in [3.05, 3.63) is 51.9 Å². The summed E-state index contributed by atoms with van der Waals surface area (Å²) in [5, 5.41) is 4.73. The lowest BCUT2D eigenvalue weighted by molar-refractivity contribution is 0.397. The Labute approximate surface area is 167 Å². The molecular weight excluding hydrogens is 376 g/mol. The van der Waals surface area contributed by atoms with Crippen LogP contribution in [0.5, 0.6) is 5.75 Å². The molecule has 0 aliphatic rings. The summed E-state index contributed by atoms with van der Waals surface area (Å²) in [5.74, 6) is 0.487. The van der Waals surface area contributed by atoms with Gasteiger partial charge in [-0.05, 0) is 53.1 Å². The fourth-order valence-electron chi connectivity index (χ4n) is 3.38. The van der Waals surface area contributed by atoms with Crippen LogP contribution < -0.4 is 15.4 Å². The largest absolute Gasteiger partial charge is 0.496 e. The van der Waals surface area contributed by atoms with Crippen LogP contribution in [0.4, 0.5) is 0 Å². The number of H-pyrrole nitrogens is 1. The lowest BCUT2D eigenvalue weighted by Gasteiger charge is -2.26. The third-order valence-electron chi connectivity index (χ3n) is 4.93. The molecule has 2 rings (SSSR count). The fourth-order valence-corrected chi connectivity index (χ4v) is 4.55. The third-order valence-corrected chi connectivity index (χ3v) is 6.48. The lowest BCUT2D eigenvalue weighted by atomic mass is 9.82. The van der Waals surface area contributed by atoms with Crippen LogP contribution in [0.2, 0.25) is 0 Å². The molecule has 2 aromatic rings. The van der Waals surface area contributed by atoms with E-state index in [1.807, 2.05) is 26.0 Å². The standard InChI is InChI=1S/C21H30N2O4S/c1-13(2)19(28(22,25)26)11-14-10-18(27-6)17(21(3,4)5)12-16(14)15-8-7-9-23-20(15)24/h7-10,12-13,19H,11H2,1-6H3,(H,23,24)(H2,22,25,26). The van der Waals surface area contributed by atoms with Crippen LogP contribution >= 0.6 is 0 Å². The highest BCUT2D eigenvalue weighted by atomic mass is 32.2. The van der Waals surface area contributed by atoms with Gasteiger partial charge in [-0.2, -0.15) is 0 Å². The SMILES string of the molecule is COc1cc(CC(C(C)C)S(N)(=O)=O)c(-c2ccc[nH]c2=O)cc1C(C)(C)C. The van der Waals surface area contributed by atoms with Crippen molar-refractivity contribution in [3.63, 3.8) is 0 Å². The second kappa shape index (κ2) is 8.09. The second-order valence-electron chi connectivity index (χ2n) is 8.45. The number of rotatable bonds is 6. The molecule has 0 aliphatic heterocycles. The molecule has 1 aromatic heterocycles. The Hall–Kier alpha value is -2.12. The lowest BCUT2D eigenvalue weighted by Crippen LogP contribution is -2.35. The first-order chi connectivity index (χ1) is 12.9. The van der Waals surface area contributed by atoms with Gasteiger partial charge < -0.3 is 9.72 Å². The average Bonchev–Trinajstić information content (AvgIpc) is 2.57. The van der Waals surface area contributed by atoms with Crippen LogP contribution in [0.15, 0.2) is 35.3 Å². The van der Waals surface area contributed by atoms with Crippen molar-refractivity contribution in [3.8, 4) is 16.9 Å². The number of aromatic amines is 1. The number of nitrogens with two attached hydrogens (primary N) is 1. The zero-order chi connectivity index (χ0) is 21.3. The summed E-state index contributed by atoms with van der Waals surface area (Å²) in [6.07, 6.45) is 1.77. The topological polar surface area (TPSA) is 102 Å². The molecule has 0 bridgehead atoms. The summed E-state index contributed by atoms with van der Waals surface area (Å²) in [4.78, 5) is 15.2. The van der Waals surface area contributed by atoms with Crippen LogP contribution in [0, 0.1) is 5.92 Å². The molecule has 6 nitrogen and oxygen atoms in total. The Morgan fingerprint density at radius 1 is 1.18 bits per heavy atom. The molecule has 0 spiro atoms. The first kappa shape index (κ1) is 22.2. The van der Waals surface area contributed by atoms with Gasteiger partial charge in [0.1, 0.15) is 5.75 Å². The molecule has 3 N–H and O–H groups in total. The maximum absolute atomic E-state index is 12.5. The number of methoxy groups -OCH3 is 1. The van der Waals surface area contributed by atoms with Crippen molar-refractivity contribution < 1.29 is 13.2 Å². The molecule has 1 heterocycles. The third kappa shape index (κ3) is 4.83. The molecule has 0 fully saturated rings. The van der Waals surface area contributed by atoms with E-state index in [-0.39, 0.29) is 23.3 Å². The summed E-state index contributed by atoms with van der Waals surface area (Å²) in [5.41, 5.74) is 2.38. The summed E-state index contributed by atoms with van der Waals surface area (Å²) in [7, 11) is -2.17. The minimum absolute atomic E-state index is 0.176. The number of hydrogen-bond donors (Lipinski definition) is 2. The molecule has 1 unspecified atom stereocenters. The minimum Gasteiger partial charge on any atom is -0.496 e. The van der Waals surface area contributed by atoms with Crippen LogP contribution in [-0.4, -0.2) is 25.8 Å². The number of hydrogen-bond acceptors (Lipinski definition) is 4. The van der Waals surface area contributed by atoms with Gasteiger partial charge in [0.15, 0.2) is 0 Å². The van der Waals surface area contributed by atoms with Gasteiger partial charge in [0.2, 0.25) is 10.0 Å². The van der Waals surface area contributed by atoms with E-state index in [0.717, 1.165) is 5.56 Å². The molecule has 0 radical (unpaired) electrons. The van der Waals surface area contributed by atoms with Gasteiger partial charge in [-0.3, -0.25) is 4.79 Å². The number of pyridine rings is 1. The molecule has 7 heteroatoms. The van der Waals surface area contributed by atoms with E-state index in [1.54, 1.807) is 25.4 Å². The van der Waals surface area contributed by atoms with Crippen LogP contribution in [0.1, 0.15) is 45.7 Å². The van der Waals surface area contributed by atoms with Crippen molar-refractivity contribution >= 4 is 10.0 Å². The highest BCUT2D eigenvalue weighted by Gasteiger charge is 2.29. The molecule has 0 amide bonds. The minimum atomic E-state index is -3.76. The molecule has 1 atom stereocenters. The number of ether oxygens (including phenoxy) is 1.